The number of aromatic nitrogens is 2. The van der Waals surface area contributed by atoms with Gasteiger partial charge in [-0.15, -0.1) is 0 Å². The third-order valence-electron chi connectivity index (χ3n) is 3.21. The summed E-state index contributed by atoms with van der Waals surface area (Å²) in [5, 5.41) is 0. The molecular weight excluding hydrogens is 244 g/mol. The fourth-order valence-corrected chi connectivity index (χ4v) is 2.02. The highest BCUT2D eigenvalue weighted by molar-refractivity contribution is 5.74. The van der Waals surface area contributed by atoms with Crippen molar-refractivity contribution in [3.63, 3.8) is 0 Å². The van der Waals surface area contributed by atoms with E-state index >= 15 is 0 Å². The summed E-state index contributed by atoms with van der Waals surface area (Å²) in [6.07, 6.45) is 1.82. The summed E-state index contributed by atoms with van der Waals surface area (Å²) < 4.78 is 6.67. The van der Waals surface area contributed by atoms with Gasteiger partial charge in [0, 0.05) is 11.8 Å². The van der Waals surface area contributed by atoms with Crippen LogP contribution >= 0.6 is 0 Å². The topological polar surface area (TPSA) is 60.7 Å². The van der Waals surface area contributed by atoms with Crippen molar-refractivity contribution in [3.05, 3.63) is 46.0 Å². The average molecular weight is 258 g/mol. The number of fused-ring (bicyclic) bond motifs is 1. The molecule has 0 amide bonds. The lowest BCUT2D eigenvalue weighted by molar-refractivity contribution is -0.146. The van der Waals surface area contributed by atoms with Crippen molar-refractivity contribution in [2.75, 3.05) is 0 Å². The van der Waals surface area contributed by atoms with E-state index in [-0.39, 0.29) is 24.1 Å². The summed E-state index contributed by atoms with van der Waals surface area (Å²) in [7, 11) is 0. The van der Waals surface area contributed by atoms with Crippen LogP contribution in [0, 0.1) is 12.8 Å². The molecule has 1 fully saturated rings. The molecule has 98 valence electrons. The van der Waals surface area contributed by atoms with Crippen LogP contribution in [0.15, 0.2) is 29.1 Å². The second-order valence-electron chi connectivity index (χ2n) is 4.83. The minimum Gasteiger partial charge on any atom is -0.459 e. The van der Waals surface area contributed by atoms with Crippen LogP contribution in [-0.4, -0.2) is 15.4 Å². The zero-order valence-corrected chi connectivity index (χ0v) is 10.6. The number of hydrogen-bond acceptors (Lipinski definition) is 4. The molecule has 0 atom stereocenters. The molecular formula is C14H14N2O3. The van der Waals surface area contributed by atoms with Gasteiger partial charge < -0.3 is 4.74 Å². The van der Waals surface area contributed by atoms with Crippen molar-refractivity contribution in [1.29, 1.82) is 0 Å². The van der Waals surface area contributed by atoms with E-state index in [1.807, 2.05) is 19.1 Å². The van der Waals surface area contributed by atoms with Crippen LogP contribution in [0.3, 0.4) is 0 Å². The van der Waals surface area contributed by atoms with Crippen molar-refractivity contribution in [1.82, 2.24) is 9.38 Å². The molecule has 0 unspecified atom stereocenters. The molecule has 0 N–H and O–H groups in total. The average Bonchev–Trinajstić information content (AvgIpc) is 3.20. The van der Waals surface area contributed by atoms with Gasteiger partial charge >= 0.3 is 5.97 Å². The fourth-order valence-electron chi connectivity index (χ4n) is 2.02. The zero-order valence-electron chi connectivity index (χ0n) is 10.6. The number of rotatable bonds is 3. The van der Waals surface area contributed by atoms with Crippen molar-refractivity contribution in [2.45, 2.75) is 26.4 Å². The molecule has 2 aromatic rings. The Kier molecular flexibility index (Phi) is 2.81. The van der Waals surface area contributed by atoms with E-state index in [1.165, 1.54) is 10.5 Å². The maximum atomic E-state index is 12.0. The first-order chi connectivity index (χ1) is 9.15. The first-order valence-corrected chi connectivity index (χ1v) is 6.30. The molecule has 1 aliphatic rings. The van der Waals surface area contributed by atoms with Gasteiger partial charge in [0.2, 0.25) is 0 Å². The van der Waals surface area contributed by atoms with E-state index in [0.29, 0.717) is 11.3 Å². The Morgan fingerprint density at radius 2 is 2.26 bits per heavy atom. The number of ether oxygens (including phenoxy) is 1. The monoisotopic (exact) mass is 258 g/mol. The second kappa shape index (κ2) is 4.50. The second-order valence-corrected chi connectivity index (χ2v) is 4.83. The van der Waals surface area contributed by atoms with E-state index in [0.717, 1.165) is 18.5 Å². The lowest BCUT2D eigenvalue weighted by atomic mass is 10.3. The Morgan fingerprint density at radius 3 is 3.00 bits per heavy atom. The molecule has 0 radical (unpaired) electrons. The van der Waals surface area contributed by atoms with Crippen molar-refractivity contribution in [3.8, 4) is 0 Å². The Labute approximate surface area is 109 Å². The minimum atomic E-state index is -0.189. The molecule has 2 heterocycles. The van der Waals surface area contributed by atoms with Gasteiger partial charge in [-0.05, 0) is 31.9 Å². The summed E-state index contributed by atoms with van der Waals surface area (Å²) in [4.78, 5) is 27.8. The quantitative estimate of drug-likeness (QED) is 0.782. The van der Waals surface area contributed by atoms with Crippen LogP contribution in [0.1, 0.15) is 24.2 Å². The van der Waals surface area contributed by atoms with Crippen LogP contribution < -0.4 is 5.56 Å². The first kappa shape index (κ1) is 11.9. The third-order valence-corrected chi connectivity index (χ3v) is 3.21. The van der Waals surface area contributed by atoms with E-state index in [2.05, 4.69) is 4.98 Å². The third kappa shape index (κ3) is 2.36. The molecule has 0 bridgehead atoms. The molecule has 1 saturated carbocycles. The maximum Gasteiger partial charge on any atom is 0.309 e. The van der Waals surface area contributed by atoms with Crippen LogP contribution in [0.5, 0.6) is 0 Å². The highest BCUT2D eigenvalue weighted by atomic mass is 16.5. The Morgan fingerprint density at radius 1 is 1.47 bits per heavy atom. The molecule has 19 heavy (non-hydrogen) atoms. The molecule has 0 aliphatic heterocycles. The van der Waals surface area contributed by atoms with E-state index < -0.39 is 0 Å². The van der Waals surface area contributed by atoms with Gasteiger partial charge in [-0.2, -0.15) is 0 Å². The predicted molar refractivity (Wildman–Crippen MR) is 68.7 cm³/mol. The number of carbonyl (C=O) groups is 1. The maximum absolute atomic E-state index is 12.0. The van der Waals surface area contributed by atoms with Gasteiger partial charge in [0.15, 0.2) is 0 Å². The molecule has 5 nitrogen and oxygen atoms in total. The lowest BCUT2D eigenvalue weighted by Crippen LogP contribution is -2.18. The van der Waals surface area contributed by atoms with Gasteiger partial charge in [0.25, 0.3) is 5.56 Å². The number of esters is 1. The van der Waals surface area contributed by atoms with Gasteiger partial charge in [0.1, 0.15) is 12.3 Å². The number of carbonyl (C=O) groups excluding carboxylic acids is 1. The van der Waals surface area contributed by atoms with E-state index in [4.69, 9.17) is 4.74 Å². The number of aryl methyl sites for hydroxylation is 1. The lowest BCUT2D eigenvalue weighted by Gasteiger charge is -2.07. The van der Waals surface area contributed by atoms with Crippen LogP contribution in [0.2, 0.25) is 0 Å². The summed E-state index contributed by atoms with van der Waals surface area (Å²) in [5.74, 6) is -0.130. The number of nitrogens with zero attached hydrogens (tertiary/aromatic N) is 2. The molecule has 3 rings (SSSR count). The highest BCUT2D eigenvalue weighted by Gasteiger charge is 2.31. The number of pyridine rings is 1. The van der Waals surface area contributed by atoms with E-state index in [9.17, 15) is 9.59 Å². The van der Waals surface area contributed by atoms with Gasteiger partial charge in [-0.25, -0.2) is 4.98 Å². The molecule has 0 spiro atoms. The van der Waals surface area contributed by atoms with Crippen molar-refractivity contribution >= 4 is 11.6 Å². The summed E-state index contributed by atoms with van der Waals surface area (Å²) in [6, 6.07) is 6.88. The van der Waals surface area contributed by atoms with Crippen molar-refractivity contribution in [2.24, 2.45) is 5.92 Å². The van der Waals surface area contributed by atoms with Crippen LogP contribution in [0.4, 0.5) is 0 Å². The Bertz CT molecular complexity index is 701. The van der Waals surface area contributed by atoms with Crippen molar-refractivity contribution < 1.29 is 9.53 Å². The Hall–Kier alpha value is -2.17. The Balaban J connectivity index is 1.88. The number of hydrogen-bond donors (Lipinski definition) is 0. The van der Waals surface area contributed by atoms with E-state index in [1.54, 1.807) is 6.07 Å². The molecule has 1 aliphatic carbocycles. The summed E-state index contributed by atoms with van der Waals surface area (Å²) >= 11 is 0. The highest BCUT2D eigenvalue weighted by Crippen LogP contribution is 2.30. The molecule has 5 heteroatoms. The summed E-state index contributed by atoms with van der Waals surface area (Å²) in [6.45, 7) is 1.91. The standard InChI is InChI=1S/C14H14N2O3/c1-9-3-2-4-12-15-11(7-13(17)16(9)12)8-19-14(18)10-5-6-10/h2-4,7,10H,5-6,8H2,1H3. The van der Waals surface area contributed by atoms with Gasteiger partial charge in [-0.1, -0.05) is 6.07 Å². The minimum absolute atomic E-state index is 0.0591. The smallest absolute Gasteiger partial charge is 0.309 e. The summed E-state index contributed by atoms with van der Waals surface area (Å²) in [5.41, 5.74) is 1.74. The fraction of sp³-hybridized carbons (Fsp3) is 0.357. The predicted octanol–water partition coefficient (Wildman–Crippen LogP) is 1.46. The SMILES string of the molecule is Cc1cccc2nc(COC(=O)C3CC3)cc(=O)n12. The normalized spacial score (nSPS) is 14.6. The molecule has 0 saturated heterocycles. The van der Waals surface area contributed by atoms with Crippen LogP contribution in [-0.2, 0) is 16.1 Å². The van der Waals surface area contributed by atoms with Gasteiger partial charge in [0.05, 0.1) is 11.6 Å². The van der Waals surface area contributed by atoms with Crippen LogP contribution in [0.25, 0.3) is 5.65 Å². The largest absolute Gasteiger partial charge is 0.459 e. The molecule has 0 aromatic carbocycles. The first-order valence-electron chi connectivity index (χ1n) is 6.30. The molecule has 2 aromatic heterocycles. The van der Waals surface area contributed by atoms with Gasteiger partial charge in [-0.3, -0.25) is 14.0 Å². The zero-order chi connectivity index (χ0) is 13.4.